The van der Waals surface area contributed by atoms with Crippen molar-refractivity contribution in [3.63, 3.8) is 0 Å². The zero-order chi connectivity index (χ0) is 22.5. The van der Waals surface area contributed by atoms with Crippen LogP contribution in [-0.2, 0) is 12.8 Å². The Bertz CT molecular complexity index is 1090. The summed E-state index contributed by atoms with van der Waals surface area (Å²) in [6.07, 6.45) is 6.82. The lowest BCUT2D eigenvalue weighted by Crippen LogP contribution is -2.44. The minimum atomic E-state index is -0.315. The molecule has 0 atom stereocenters. The van der Waals surface area contributed by atoms with Gasteiger partial charge in [0, 0.05) is 45.8 Å². The van der Waals surface area contributed by atoms with E-state index >= 15 is 0 Å². The van der Waals surface area contributed by atoms with Crippen LogP contribution in [0.3, 0.4) is 0 Å². The molecule has 3 aromatic heterocycles. The molecule has 0 saturated carbocycles. The average Bonchev–Trinajstić information content (AvgIpc) is 3.22. The van der Waals surface area contributed by atoms with E-state index in [-0.39, 0.29) is 11.7 Å². The maximum atomic E-state index is 12.3. The van der Waals surface area contributed by atoms with Gasteiger partial charge in [0.25, 0.3) is 5.91 Å². The number of carbonyl (C=O) groups is 1. The van der Waals surface area contributed by atoms with Crippen molar-refractivity contribution < 1.29 is 4.79 Å². The number of unbranched alkanes of at least 4 members (excludes halogenated alkanes) is 1. The number of anilines is 1. The molecule has 0 aliphatic carbocycles. The van der Waals surface area contributed by atoms with E-state index in [0.29, 0.717) is 25.0 Å². The highest BCUT2D eigenvalue weighted by atomic mass is 16.2. The summed E-state index contributed by atoms with van der Waals surface area (Å²) in [5, 5.41) is 10.5. The summed E-state index contributed by atoms with van der Waals surface area (Å²) in [6.45, 7) is 6.61. The fraction of sp³-hybridized carbons (Fsp3) is 0.500. The van der Waals surface area contributed by atoms with Crippen LogP contribution >= 0.6 is 0 Å². The zero-order valence-electron chi connectivity index (χ0n) is 18.8. The number of aryl methyl sites for hydroxylation is 2. The minimum Gasteiger partial charge on any atom is -0.354 e. The fourth-order valence-corrected chi connectivity index (χ4v) is 4.06. The smallest absolute Gasteiger partial charge is 0.290 e. The van der Waals surface area contributed by atoms with Gasteiger partial charge in [-0.3, -0.25) is 4.79 Å². The number of nitrogens with zero attached hydrogens (tertiary/aromatic N) is 6. The van der Waals surface area contributed by atoms with Crippen molar-refractivity contribution in [3.8, 4) is 0 Å². The number of aromatic nitrogens is 5. The Labute approximate surface area is 187 Å². The van der Waals surface area contributed by atoms with Crippen LogP contribution in [0.5, 0.6) is 0 Å². The largest absolute Gasteiger partial charge is 0.354 e. The van der Waals surface area contributed by atoms with Crippen molar-refractivity contribution in [3.05, 3.63) is 46.8 Å². The second-order valence-electron chi connectivity index (χ2n) is 8.09. The average molecular weight is 438 g/mol. The van der Waals surface area contributed by atoms with E-state index < -0.39 is 0 Å². The molecule has 0 unspecified atom stereocenters. The number of imidazole rings is 1. The fourth-order valence-electron chi connectivity index (χ4n) is 4.06. The molecule has 0 radical (unpaired) electrons. The maximum absolute atomic E-state index is 12.3. The van der Waals surface area contributed by atoms with Gasteiger partial charge in [0.2, 0.25) is 5.82 Å². The van der Waals surface area contributed by atoms with Gasteiger partial charge in [0.05, 0.1) is 17.6 Å². The number of rotatable bonds is 8. The second-order valence-corrected chi connectivity index (χ2v) is 8.09. The molecule has 3 aromatic rings. The molecule has 32 heavy (non-hydrogen) atoms. The number of hydrogen-bond donors (Lipinski definition) is 3. The molecular formula is C22H31N9O. The summed E-state index contributed by atoms with van der Waals surface area (Å²) >= 11 is 0. The second kappa shape index (κ2) is 10.0. The molecule has 0 bridgehead atoms. The number of pyridine rings is 1. The van der Waals surface area contributed by atoms with Crippen LogP contribution in [0.4, 0.5) is 5.82 Å². The van der Waals surface area contributed by atoms with Gasteiger partial charge >= 0.3 is 0 Å². The Morgan fingerprint density at radius 2 is 2.03 bits per heavy atom. The molecule has 1 saturated heterocycles. The van der Waals surface area contributed by atoms with E-state index in [2.05, 4.69) is 43.6 Å². The summed E-state index contributed by atoms with van der Waals surface area (Å²) in [7, 11) is 1.58. The van der Waals surface area contributed by atoms with Crippen LogP contribution in [0.1, 0.15) is 46.0 Å². The standard InChI is InChI=1S/C22H31N9O/c1-15-11-16(13-26-20(15)30-9-7-25-8-10-30)12-17-14-27-21-18(5-3-4-6-23)28-19(22(32)24-2)29-31(17)21/h11,13-14,25H,3-10,12,23H2,1-2H3,(H,24,32). The molecule has 10 nitrogen and oxygen atoms in total. The molecule has 1 aliphatic heterocycles. The van der Waals surface area contributed by atoms with Crippen molar-refractivity contribution in [2.75, 3.05) is 44.7 Å². The van der Waals surface area contributed by atoms with Crippen molar-refractivity contribution in [1.82, 2.24) is 35.2 Å². The van der Waals surface area contributed by atoms with E-state index in [9.17, 15) is 4.79 Å². The Morgan fingerprint density at radius 3 is 2.75 bits per heavy atom. The molecule has 4 heterocycles. The first kappa shape index (κ1) is 22.1. The first-order valence-electron chi connectivity index (χ1n) is 11.2. The third-order valence-corrected chi connectivity index (χ3v) is 5.71. The molecule has 0 spiro atoms. The van der Waals surface area contributed by atoms with E-state index in [4.69, 9.17) is 10.7 Å². The molecular weight excluding hydrogens is 406 g/mol. The quantitative estimate of drug-likeness (QED) is 0.434. The lowest BCUT2D eigenvalue weighted by molar-refractivity contribution is 0.0951. The summed E-state index contributed by atoms with van der Waals surface area (Å²) in [5.41, 5.74) is 10.2. The Balaban J connectivity index is 1.63. The number of nitrogens with one attached hydrogen (secondary N) is 2. The molecule has 170 valence electrons. The van der Waals surface area contributed by atoms with E-state index in [0.717, 1.165) is 67.4 Å². The van der Waals surface area contributed by atoms with Crippen molar-refractivity contribution >= 4 is 17.4 Å². The van der Waals surface area contributed by atoms with Gasteiger partial charge in [-0.1, -0.05) is 6.07 Å². The molecule has 1 fully saturated rings. The van der Waals surface area contributed by atoms with Gasteiger partial charge < -0.3 is 21.3 Å². The normalized spacial score (nSPS) is 14.2. The Kier molecular flexibility index (Phi) is 6.91. The van der Waals surface area contributed by atoms with Crippen LogP contribution in [0, 0.1) is 6.92 Å². The van der Waals surface area contributed by atoms with Crippen LogP contribution in [0.25, 0.3) is 5.65 Å². The van der Waals surface area contributed by atoms with Crippen LogP contribution in [-0.4, -0.2) is 70.2 Å². The Morgan fingerprint density at radius 1 is 1.22 bits per heavy atom. The maximum Gasteiger partial charge on any atom is 0.290 e. The predicted molar refractivity (Wildman–Crippen MR) is 123 cm³/mol. The highest BCUT2D eigenvalue weighted by Crippen LogP contribution is 2.21. The summed E-state index contributed by atoms with van der Waals surface area (Å²) in [4.78, 5) is 28.4. The highest BCUT2D eigenvalue weighted by Gasteiger charge is 2.18. The van der Waals surface area contributed by atoms with Crippen molar-refractivity contribution in [2.45, 2.75) is 32.6 Å². The molecule has 10 heteroatoms. The molecule has 0 aromatic carbocycles. The van der Waals surface area contributed by atoms with Gasteiger partial charge in [-0.05, 0) is 43.9 Å². The third-order valence-electron chi connectivity index (χ3n) is 5.71. The van der Waals surface area contributed by atoms with Gasteiger partial charge in [-0.15, -0.1) is 5.10 Å². The SMILES string of the molecule is CNC(=O)c1nc(CCCCN)c2ncc(Cc3cnc(N4CCNCC4)c(C)c3)n2n1. The summed E-state index contributed by atoms with van der Waals surface area (Å²) in [5.74, 6) is 0.870. The number of nitrogens with two attached hydrogens (primary N) is 1. The number of fused-ring (bicyclic) bond motifs is 1. The monoisotopic (exact) mass is 437 g/mol. The van der Waals surface area contributed by atoms with Crippen molar-refractivity contribution in [2.24, 2.45) is 5.73 Å². The lowest BCUT2D eigenvalue weighted by atomic mass is 10.1. The summed E-state index contributed by atoms with van der Waals surface area (Å²) in [6, 6.07) is 2.17. The molecule has 4 N–H and O–H groups in total. The van der Waals surface area contributed by atoms with E-state index in [1.165, 1.54) is 0 Å². The molecule has 4 rings (SSSR count). The van der Waals surface area contributed by atoms with E-state index in [1.54, 1.807) is 11.6 Å². The van der Waals surface area contributed by atoms with Gasteiger partial charge in [-0.25, -0.2) is 19.5 Å². The van der Waals surface area contributed by atoms with E-state index in [1.807, 2.05) is 12.4 Å². The number of hydrogen-bond acceptors (Lipinski definition) is 8. The zero-order valence-corrected chi connectivity index (χ0v) is 18.8. The number of amides is 1. The highest BCUT2D eigenvalue weighted by molar-refractivity contribution is 5.90. The van der Waals surface area contributed by atoms with Gasteiger partial charge in [0.1, 0.15) is 5.82 Å². The minimum absolute atomic E-state index is 0.144. The molecule has 1 aliphatic rings. The predicted octanol–water partition coefficient (Wildman–Crippen LogP) is 0.469. The van der Waals surface area contributed by atoms with Gasteiger partial charge in [-0.2, -0.15) is 0 Å². The summed E-state index contributed by atoms with van der Waals surface area (Å²) < 4.78 is 1.74. The number of carbonyl (C=O) groups excluding carboxylic acids is 1. The first-order chi connectivity index (χ1) is 15.6. The number of piperazine rings is 1. The van der Waals surface area contributed by atoms with Crippen LogP contribution in [0.2, 0.25) is 0 Å². The molecule has 1 amide bonds. The third kappa shape index (κ3) is 4.71. The lowest BCUT2D eigenvalue weighted by Gasteiger charge is -2.29. The first-order valence-corrected chi connectivity index (χ1v) is 11.2. The van der Waals surface area contributed by atoms with Crippen LogP contribution < -0.4 is 21.3 Å². The van der Waals surface area contributed by atoms with Crippen molar-refractivity contribution in [1.29, 1.82) is 0 Å². The Hall–Kier alpha value is -3.11. The topological polar surface area (TPSA) is 126 Å². The van der Waals surface area contributed by atoms with Crippen LogP contribution in [0.15, 0.2) is 18.5 Å². The van der Waals surface area contributed by atoms with Gasteiger partial charge in [0.15, 0.2) is 5.65 Å².